The lowest BCUT2D eigenvalue weighted by molar-refractivity contribution is 0.294. The minimum absolute atomic E-state index is 0.705. The molecule has 0 radical (unpaired) electrons. The SMILES string of the molecule is CC(NC1CCCCC1c1ccccc1)C1CC1. The number of rotatable bonds is 4. The highest BCUT2D eigenvalue weighted by atomic mass is 15.0. The van der Waals surface area contributed by atoms with Crippen molar-refractivity contribution in [3.05, 3.63) is 35.9 Å². The third kappa shape index (κ3) is 2.77. The first-order chi connectivity index (χ1) is 8.84. The van der Waals surface area contributed by atoms with Crippen LogP contribution in [0.5, 0.6) is 0 Å². The van der Waals surface area contributed by atoms with Crippen molar-refractivity contribution in [2.75, 3.05) is 0 Å². The van der Waals surface area contributed by atoms with Crippen molar-refractivity contribution in [3.8, 4) is 0 Å². The lowest BCUT2D eigenvalue weighted by atomic mass is 9.79. The highest BCUT2D eigenvalue weighted by molar-refractivity contribution is 5.22. The van der Waals surface area contributed by atoms with Gasteiger partial charge in [0.15, 0.2) is 0 Å². The maximum Gasteiger partial charge on any atom is 0.0138 e. The first-order valence-corrected chi connectivity index (χ1v) is 7.65. The fourth-order valence-electron chi connectivity index (χ4n) is 3.50. The molecule has 0 aromatic heterocycles. The second-order valence-electron chi connectivity index (χ2n) is 6.20. The molecule has 2 saturated carbocycles. The van der Waals surface area contributed by atoms with Crippen LogP contribution in [0.1, 0.15) is 56.9 Å². The van der Waals surface area contributed by atoms with E-state index in [-0.39, 0.29) is 0 Å². The molecule has 1 heteroatoms. The molecular weight excluding hydrogens is 218 g/mol. The van der Waals surface area contributed by atoms with E-state index in [1.807, 2.05) is 0 Å². The first kappa shape index (κ1) is 12.2. The van der Waals surface area contributed by atoms with E-state index in [2.05, 4.69) is 42.6 Å². The second-order valence-corrected chi connectivity index (χ2v) is 6.20. The molecule has 2 fully saturated rings. The smallest absolute Gasteiger partial charge is 0.0138 e. The van der Waals surface area contributed by atoms with E-state index in [9.17, 15) is 0 Å². The van der Waals surface area contributed by atoms with Gasteiger partial charge in [-0.15, -0.1) is 0 Å². The summed E-state index contributed by atoms with van der Waals surface area (Å²) in [6.07, 6.45) is 8.40. The molecule has 3 unspecified atom stereocenters. The lowest BCUT2D eigenvalue weighted by Gasteiger charge is -2.35. The average Bonchev–Trinajstić information content (AvgIpc) is 3.25. The van der Waals surface area contributed by atoms with Crippen LogP contribution in [0.2, 0.25) is 0 Å². The quantitative estimate of drug-likeness (QED) is 0.839. The molecule has 1 nitrogen and oxygen atoms in total. The van der Waals surface area contributed by atoms with Crippen LogP contribution in [0.3, 0.4) is 0 Å². The zero-order chi connectivity index (χ0) is 12.4. The Labute approximate surface area is 111 Å². The molecule has 0 bridgehead atoms. The molecular formula is C17H25N. The van der Waals surface area contributed by atoms with Gasteiger partial charge >= 0.3 is 0 Å². The fourth-order valence-corrected chi connectivity index (χ4v) is 3.50. The van der Waals surface area contributed by atoms with Crippen molar-refractivity contribution < 1.29 is 0 Å². The van der Waals surface area contributed by atoms with Crippen LogP contribution in [0.25, 0.3) is 0 Å². The van der Waals surface area contributed by atoms with Crippen LogP contribution in [0.4, 0.5) is 0 Å². The van der Waals surface area contributed by atoms with Gasteiger partial charge in [0.2, 0.25) is 0 Å². The predicted molar refractivity (Wildman–Crippen MR) is 76.8 cm³/mol. The van der Waals surface area contributed by atoms with Crippen LogP contribution in [-0.4, -0.2) is 12.1 Å². The van der Waals surface area contributed by atoms with Gasteiger partial charge in [0.1, 0.15) is 0 Å². The minimum atomic E-state index is 0.705. The molecule has 0 saturated heterocycles. The van der Waals surface area contributed by atoms with Crippen LogP contribution in [0.15, 0.2) is 30.3 Å². The summed E-state index contributed by atoms with van der Waals surface area (Å²) in [5.41, 5.74) is 1.54. The fraction of sp³-hybridized carbons (Fsp3) is 0.647. The normalized spacial score (nSPS) is 30.1. The highest BCUT2D eigenvalue weighted by Crippen LogP contribution is 2.36. The largest absolute Gasteiger partial charge is 0.311 e. The third-order valence-corrected chi connectivity index (χ3v) is 4.80. The summed E-state index contributed by atoms with van der Waals surface area (Å²) in [5, 5.41) is 3.93. The van der Waals surface area contributed by atoms with Crippen molar-refractivity contribution in [1.29, 1.82) is 0 Å². The van der Waals surface area contributed by atoms with E-state index >= 15 is 0 Å². The van der Waals surface area contributed by atoms with E-state index in [0.29, 0.717) is 6.04 Å². The van der Waals surface area contributed by atoms with Crippen molar-refractivity contribution in [1.82, 2.24) is 5.32 Å². The van der Waals surface area contributed by atoms with Crippen LogP contribution >= 0.6 is 0 Å². The highest BCUT2D eigenvalue weighted by Gasteiger charge is 2.32. The average molecular weight is 243 g/mol. The van der Waals surface area contributed by atoms with Gasteiger partial charge in [-0.25, -0.2) is 0 Å². The van der Waals surface area contributed by atoms with Gasteiger partial charge in [0.05, 0.1) is 0 Å². The molecule has 0 aliphatic heterocycles. The van der Waals surface area contributed by atoms with Gasteiger partial charge < -0.3 is 5.32 Å². The molecule has 2 aliphatic carbocycles. The van der Waals surface area contributed by atoms with Gasteiger partial charge in [-0.1, -0.05) is 43.2 Å². The summed E-state index contributed by atoms with van der Waals surface area (Å²) >= 11 is 0. The second kappa shape index (κ2) is 5.44. The monoisotopic (exact) mass is 243 g/mol. The lowest BCUT2D eigenvalue weighted by Crippen LogP contribution is -2.43. The number of benzene rings is 1. The number of hydrogen-bond acceptors (Lipinski definition) is 1. The Morgan fingerprint density at radius 3 is 2.44 bits per heavy atom. The predicted octanol–water partition coefficient (Wildman–Crippen LogP) is 4.10. The molecule has 0 spiro atoms. The van der Waals surface area contributed by atoms with Crippen molar-refractivity contribution in [3.63, 3.8) is 0 Å². The van der Waals surface area contributed by atoms with Gasteiger partial charge in [0.25, 0.3) is 0 Å². The van der Waals surface area contributed by atoms with Crippen LogP contribution in [-0.2, 0) is 0 Å². The molecule has 0 heterocycles. The zero-order valence-electron chi connectivity index (χ0n) is 11.4. The molecule has 3 atom stereocenters. The summed E-state index contributed by atoms with van der Waals surface area (Å²) in [5.74, 6) is 1.70. The van der Waals surface area contributed by atoms with Gasteiger partial charge in [-0.3, -0.25) is 0 Å². The number of nitrogens with one attached hydrogen (secondary N) is 1. The Bertz CT molecular complexity index is 368. The molecule has 18 heavy (non-hydrogen) atoms. The van der Waals surface area contributed by atoms with Crippen molar-refractivity contribution in [2.24, 2.45) is 5.92 Å². The summed E-state index contributed by atoms with van der Waals surface area (Å²) in [6.45, 7) is 2.38. The van der Waals surface area contributed by atoms with Crippen molar-refractivity contribution in [2.45, 2.75) is 63.5 Å². The zero-order valence-corrected chi connectivity index (χ0v) is 11.4. The summed E-state index contributed by atoms with van der Waals surface area (Å²) in [4.78, 5) is 0. The van der Waals surface area contributed by atoms with Crippen molar-refractivity contribution >= 4 is 0 Å². The van der Waals surface area contributed by atoms with E-state index in [4.69, 9.17) is 0 Å². The Kier molecular flexibility index (Phi) is 3.69. The molecule has 1 aromatic carbocycles. The number of hydrogen-bond donors (Lipinski definition) is 1. The molecule has 98 valence electrons. The van der Waals surface area contributed by atoms with E-state index in [1.165, 1.54) is 44.1 Å². The Hall–Kier alpha value is -0.820. The topological polar surface area (TPSA) is 12.0 Å². The maximum absolute atomic E-state index is 3.93. The van der Waals surface area contributed by atoms with E-state index < -0.39 is 0 Å². The Morgan fingerprint density at radius 1 is 1.00 bits per heavy atom. The van der Waals surface area contributed by atoms with Crippen LogP contribution < -0.4 is 5.32 Å². The minimum Gasteiger partial charge on any atom is -0.311 e. The summed E-state index contributed by atoms with van der Waals surface area (Å²) < 4.78 is 0. The first-order valence-electron chi connectivity index (χ1n) is 7.65. The van der Waals surface area contributed by atoms with Gasteiger partial charge in [-0.2, -0.15) is 0 Å². The molecule has 1 N–H and O–H groups in total. The van der Waals surface area contributed by atoms with Gasteiger partial charge in [-0.05, 0) is 50.0 Å². The third-order valence-electron chi connectivity index (χ3n) is 4.80. The van der Waals surface area contributed by atoms with E-state index in [0.717, 1.165) is 17.9 Å². The standard InChI is InChI=1S/C17H25N/c1-13(14-11-12-14)18-17-10-6-5-9-16(17)15-7-3-2-4-8-15/h2-4,7-8,13-14,16-18H,5-6,9-12H2,1H3. The Morgan fingerprint density at radius 2 is 1.72 bits per heavy atom. The summed E-state index contributed by atoms with van der Waals surface area (Å²) in [6, 6.07) is 12.5. The van der Waals surface area contributed by atoms with E-state index in [1.54, 1.807) is 0 Å². The molecule has 1 aromatic rings. The van der Waals surface area contributed by atoms with Gasteiger partial charge in [0, 0.05) is 12.1 Å². The van der Waals surface area contributed by atoms with Crippen LogP contribution in [0, 0.1) is 5.92 Å². The molecule has 3 rings (SSSR count). The molecule has 0 amide bonds. The summed E-state index contributed by atoms with van der Waals surface area (Å²) in [7, 11) is 0. The Balaban J connectivity index is 1.69. The maximum atomic E-state index is 3.93. The molecule has 2 aliphatic rings.